The van der Waals surface area contributed by atoms with Crippen LogP contribution in [0, 0.1) is 0 Å². The second kappa shape index (κ2) is 7.05. The highest BCUT2D eigenvalue weighted by Gasteiger charge is 2.31. The molecule has 0 saturated carbocycles. The van der Waals surface area contributed by atoms with E-state index in [1.165, 1.54) is 24.0 Å². The number of rotatable bonds is 7. The summed E-state index contributed by atoms with van der Waals surface area (Å²) in [5.74, 6) is 0. The first-order chi connectivity index (χ1) is 9.65. The minimum Gasteiger partial charge on any atom is -0.380 e. The maximum Gasteiger partial charge on any atom is 0.0591 e. The summed E-state index contributed by atoms with van der Waals surface area (Å²) in [6, 6.07) is 9.33. The standard InChI is InChI=1S/C18H27NO/c1-4-5-13-20-14-12-19-17-10-11-18(2,3)16-9-7-6-8-15(16)17/h4,6-9,17,19H,1,5,10-14H2,2-3H3. The molecule has 0 amide bonds. The van der Waals surface area contributed by atoms with Gasteiger partial charge in [0.25, 0.3) is 0 Å². The predicted octanol–water partition coefficient (Wildman–Crippen LogP) is 3.98. The third-order valence-electron chi connectivity index (χ3n) is 4.23. The molecule has 1 aromatic rings. The summed E-state index contributed by atoms with van der Waals surface area (Å²) in [5.41, 5.74) is 3.26. The molecule has 20 heavy (non-hydrogen) atoms. The molecule has 1 aromatic carbocycles. The lowest BCUT2D eigenvalue weighted by Gasteiger charge is -2.37. The van der Waals surface area contributed by atoms with Crippen molar-refractivity contribution in [1.82, 2.24) is 5.32 Å². The van der Waals surface area contributed by atoms with Gasteiger partial charge in [-0.25, -0.2) is 0 Å². The van der Waals surface area contributed by atoms with Crippen molar-refractivity contribution < 1.29 is 4.74 Å². The van der Waals surface area contributed by atoms with E-state index < -0.39 is 0 Å². The Balaban J connectivity index is 1.89. The van der Waals surface area contributed by atoms with Crippen LogP contribution in [0.2, 0.25) is 0 Å². The van der Waals surface area contributed by atoms with Crippen molar-refractivity contribution in [2.24, 2.45) is 0 Å². The van der Waals surface area contributed by atoms with Crippen LogP contribution >= 0.6 is 0 Å². The highest BCUT2D eigenvalue weighted by molar-refractivity contribution is 5.38. The lowest BCUT2D eigenvalue weighted by atomic mass is 9.71. The normalized spacial score (nSPS) is 20.4. The Labute approximate surface area is 123 Å². The van der Waals surface area contributed by atoms with Crippen LogP contribution in [0.15, 0.2) is 36.9 Å². The molecular weight excluding hydrogens is 246 g/mol. The van der Waals surface area contributed by atoms with Crippen molar-refractivity contribution in [2.75, 3.05) is 19.8 Å². The van der Waals surface area contributed by atoms with Crippen molar-refractivity contribution >= 4 is 0 Å². The van der Waals surface area contributed by atoms with Gasteiger partial charge in [-0.2, -0.15) is 0 Å². The van der Waals surface area contributed by atoms with E-state index in [2.05, 4.69) is 50.0 Å². The van der Waals surface area contributed by atoms with E-state index >= 15 is 0 Å². The molecule has 1 atom stereocenters. The van der Waals surface area contributed by atoms with E-state index in [1.54, 1.807) is 0 Å². The maximum absolute atomic E-state index is 5.56. The van der Waals surface area contributed by atoms with Gasteiger partial charge in [-0.1, -0.05) is 44.2 Å². The lowest BCUT2D eigenvalue weighted by molar-refractivity contribution is 0.137. The SMILES string of the molecule is C=CCCOCCNC1CCC(C)(C)c2ccccc21. The molecular formula is C18H27NO. The van der Waals surface area contributed by atoms with Crippen LogP contribution < -0.4 is 5.32 Å². The van der Waals surface area contributed by atoms with Gasteiger partial charge < -0.3 is 10.1 Å². The summed E-state index contributed by atoms with van der Waals surface area (Å²) in [6.45, 7) is 10.9. The molecule has 0 spiro atoms. The summed E-state index contributed by atoms with van der Waals surface area (Å²) in [6.07, 6.45) is 5.27. The smallest absolute Gasteiger partial charge is 0.0591 e. The van der Waals surface area contributed by atoms with Gasteiger partial charge in [0.05, 0.1) is 13.2 Å². The average molecular weight is 273 g/mol. The highest BCUT2D eigenvalue weighted by Crippen LogP contribution is 2.41. The molecule has 1 N–H and O–H groups in total. The van der Waals surface area contributed by atoms with Gasteiger partial charge in [-0.05, 0) is 35.8 Å². The maximum atomic E-state index is 5.56. The van der Waals surface area contributed by atoms with Crippen LogP contribution in [0.4, 0.5) is 0 Å². The largest absolute Gasteiger partial charge is 0.380 e. The number of hydrogen-bond acceptors (Lipinski definition) is 2. The van der Waals surface area contributed by atoms with Crippen molar-refractivity contribution in [3.63, 3.8) is 0 Å². The molecule has 0 aromatic heterocycles. The van der Waals surface area contributed by atoms with Crippen LogP contribution in [0.5, 0.6) is 0 Å². The van der Waals surface area contributed by atoms with Gasteiger partial charge >= 0.3 is 0 Å². The van der Waals surface area contributed by atoms with Crippen molar-refractivity contribution in [1.29, 1.82) is 0 Å². The molecule has 0 bridgehead atoms. The monoisotopic (exact) mass is 273 g/mol. The predicted molar refractivity (Wildman–Crippen MR) is 85.1 cm³/mol. The number of nitrogens with one attached hydrogen (secondary N) is 1. The first-order valence-corrected chi connectivity index (χ1v) is 7.66. The Hall–Kier alpha value is -1.12. The van der Waals surface area contributed by atoms with Gasteiger partial charge in [0.1, 0.15) is 0 Å². The molecule has 0 radical (unpaired) electrons. The van der Waals surface area contributed by atoms with E-state index in [9.17, 15) is 0 Å². The summed E-state index contributed by atoms with van der Waals surface area (Å²) < 4.78 is 5.56. The zero-order valence-electron chi connectivity index (χ0n) is 12.8. The summed E-state index contributed by atoms with van der Waals surface area (Å²) >= 11 is 0. The fourth-order valence-corrected chi connectivity index (χ4v) is 3.00. The zero-order chi connectivity index (χ0) is 14.4. The third kappa shape index (κ3) is 3.71. The summed E-state index contributed by atoms with van der Waals surface area (Å²) in [5, 5.41) is 3.64. The third-order valence-corrected chi connectivity index (χ3v) is 4.23. The Morgan fingerprint density at radius 1 is 1.35 bits per heavy atom. The van der Waals surface area contributed by atoms with Crippen LogP contribution in [-0.4, -0.2) is 19.8 Å². The fourth-order valence-electron chi connectivity index (χ4n) is 3.00. The minimum absolute atomic E-state index is 0.301. The molecule has 0 saturated heterocycles. The van der Waals surface area contributed by atoms with Gasteiger partial charge in [-0.15, -0.1) is 6.58 Å². The molecule has 2 nitrogen and oxygen atoms in total. The molecule has 1 aliphatic rings. The van der Waals surface area contributed by atoms with Gasteiger partial charge in [-0.3, -0.25) is 0 Å². The van der Waals surface area contributed by atoms with Gasteiger partial charge in [0.15, 0.2) is 0 Å². The van der Waals surface area contributed by atoms with E-state index in [0.717, 1.165) is 26.2 Å². The summed E-state index contributed by atoms with van der Waals surface area (Å²) in [4.78, 5) is 0. The van der Waals surface area contributed by atoms with Crippen LogP contribution in [-0.2, 0) is 10.2 Å². The first kappa shape index (κ1) is 15.3. The number of hydrogen-bond donors (Lipinski definition) is 1. The number of fused-ring (bicyclic) bond motifs is 1. The Morgan fingerprint density at radius 3 is 2.95 bits per heavy atom. The van der Waals surface area contributed by atoms with Crippen LogP contribution in [0.1, 0.15) is 50.3 Å². The topological polar surface area (TPSA) is 21.3 Å². The van der Waals surface area contributed by atoms with Gasteiger partial charge in [0, 0.05) is 12.6 Å². The molecule has 1 aliphatic carbocycles. The quantitative estimate of drug-likeness (QED) is 0.599. The molecule has 1 unspecified atom stereocenters. The van der Waals surface area contributed by atoms with E-state index in [1.807, 2.05) is 6.08 Å². The summed E-state index contributed by atoms with van der Waals surface area (Å²) in [7, 11) is 0. The van der Waals surface area contributed by atoms with Crippen molar-refractivity contribution in [3.8, 4) is 0 Å². The zero-order valence-corrected chi connectivity index (χ0v) is 12.8. The molecule has 110 valence electrons. The Bertz CT molecular complexity index is 439. The molecule has 0 fully saturated rings. The first-order valence-electron chi connectivity index (χ1n) is 7.66. The van der Waals surface area contributed by atoms with Crippen molar-refractivity contribution in [2.45, 2.75) is 44.6 Å². The second-order valence-electron chi connectivity index (χ2n) is 6.21. The van der Waals surface area contributed by atoms with E-state index in [-0.39, 0.29) is 0 Å². The van der Waals surface area contributed by atoms with Gasteiger partial charge in [0.2, 0.25) is 0 Å². The number of ether oxygens (including phenoxy) is 1. The van der Waals surface area contributed by atoms with Crippen LogP contribution in [0.3, 0.4) is 0 Å². The Kier molecular flexibility index (Phi) is 5.38. The van der Waals surface area contributed by atoms with Crippen molar-refractivity contribution in [3.05, 3.63) is 48.0 Å². The van der Waals surface area contributed by atoms with E-state index in [4.69, 9.17) is 4.74 Å². The molecule has 2 rings (SSSR count). The minimum atomic E-state index is 0.301. The molecule has 0 heterocycles. The molecule has 2 heteroatoms. The lowest BCUT2D eigenvalue weighted by Crippen LogP contribution is -2.34. The van der Waals surface area contributed by atoms with Crippen LogP contribution in [0.25, 0.3) is 0 Å². The second-order valence-corrected chi connectivity index (χ2v) is 6.21. The highest BCUT2D eigenvalue weighted by atomic mass is 16.5. The number of benzene rings is 1. The molecule has 0 aliphatic heterocycles. The fraction of sp³-hybridized carbons (Fsp3) is 0.556. The average Bonchev–Trinajstić information content (AvgIpc) is 2.45. The Morgan fingerprint density at radius 2 is 2.15 bits per heavy atom. The van der Waals surface area contributed by atoms with E-state index in [0.29, 0.717) is 11.5 Å².